The average Bonchev–Trinajstić information content (AvgIpc) is 2.58. The minimum atomic E-state index is -1.92. The van der Waals surface area contributed by atoms with Gasteiger partial charge in [0.25, 0.3) is 11.1 Å². The molecule has 11 nitrogen and oxygen atoms in total. The molecule has 0 radical (unpaired) electrons. The largest absolute Gasteiger partial charge is 1.00 e. The fourth-order valence-electron chi connectivity index (χ4n) is 2.68. The molecule has 13 heteroatoms. The first-order valence-corrected chi connectivity index (χ1v) is 7.95. The topological polar surface area (TPSA) is 192 Å². The Morgan fingerprint density at radius 2 is 1.41 bits per heavy atom. The van der Waals surface area contributed by atoms with Crippen molar-refractivity contribution in [2.75, 3.05) is 0 Å². The Kier molecular flexibility index (Phi) is 7.21. The zero-order valence-electron chi connectivity index (χ0n) is 14.7. The van der Waals surface area contributed by atoms with Gasteiger partial charge in [-0.1, -0.05) is 11.6 Å². The van der Waals surface area contributed by atoms with Crippen molar-refractivity contribution in [3.05, 3.63) is 87.7 Å². The van der Waals surface area contributed by atoms with E-state index in [4.69, 9.17) is 11.6 Å². The van der Waals surface area contributed by atoms with Crippen molar-refractivity contribution in [2.24, 2.45) is 0 Å². The summed E-state index contributed by atoms with van der Waals surface area (Å²) in [4.78, 5) is 67.5. The van der Waals surface area contributed by atoms with Crippen LogP contribution in [0.1, 0.15) is 27.4 Å². The van der Waals surface area contributed by atoms with E-state index in [0.29, 0.717) is 5.02 Å². The van der Waals surface area contributed by atoms with Crippen molar-refractivity contribution < 1.29 is 66.4 Å². The van der Waals surface area contributed by atoms with Crippen molar-refractivity contribution >= 4 is 17.4 Å². The van der Waals surface area contributed by atoms with Gasteiger partial charge in [-0.25, -0.2) is 9.59 Å². The molecule has 0 amide bonds. The molecule has 144 valence electrons. The Labute approximate surface area is 207 Å². The van der Waals surface area contributed by atoms with E-state index in [1.165, 1.54) is 24.3 Å². The Balaban J connectivity index is 0.00000300. The molecule has 1 aromatic carbocycles. The van der Waals surface area contributed by atoms with Crippen LogP contribution in [0.15, 0.2) is 43.4 Å². The second-order valence-electron chi connectivity index (χ2n) is 5.63. The van der Waals surface area contributed by atoms with Gasteiger partial charge in [-0.05, 0) is 30.1 Å². The van der Waals surface area contributed by atoms with E-state index in [1.54, 1.807) is 9.97 Å². The van der Waals surface area contributed by atoms with Gasteiger partial charge in [0.05, 0.1) is 11.5 Å². The number of hydrogen-bond acceptors (Lipinski definition) is 7. The first-order valence-electron chi connectivity index (χ1n) is 7.57. The molecular weight excluding hydrogens is 435 g/mol. The van der Waals surface area contributed by atoms with Gasteiger partial charge in [-0.2, -0.15) is 0 Å². The second-order valence-corrected chi connectivity index (χ2v) is 6.06. The minimum Gasteiger partial charge on any atom is -0.860 e. The molecule has 3 aromatic rings. The third-order valence-corrected chi connectivity index (χ3v) is 4.12. The minimum absolute atomic E-state index is 0. The summed E-state index contributed by atoms with van der Waals surface area (Å²) < 4.78 is 0. The normalized spacial score (nSPS) is 11.5. The number of halogens is 1. The van der Waals surface area contributed by atoms with Crippen LogP contribution in [0.5, 0.6) is 11.8 Å². The van der Waals surface area contributed by atoms with Crippen LogP contribution in [-0.4, -0.2) is 30.8 Å². The molecule has 1 unspecified atom stereocenters. The zero-order valence-corrected chi connectivity index (χ0v) is 18.5. The molecule has 29 heavy (non-hydrogen) atoms. The molecule has 3 rings (SSSR count). The summed E-state index contributed by atoms with van der Waals surface area (Å²) in [5.41, 5.74) is -6.21. The van der Waals surface area contributed by atoms with E-state index in [9.17, 15) is 34.2 Å². The molecular formula is C16H10ClKN4O7. The van der Waals surface area contributed by atoms with E-state index >= 15 is 0 Å². The molecule has 0 spiro atoms. The molecule has 0 saturated heterocycles. The van der Waals surface area contributed by atoms with E-state index in [1.807, 2.05) is 9.97 Å². The van der Waals surface area contributed by atoms with Crippen LogP contribution in [0.3, 0.4) is 0 Å². The molecule has 2 aromatic heterocycles. The molecule has 0 fully saturated rings. The van der Waals surface area contributed by atoms with Gasteiger partial charge in [0.15, 0.2) is 5.78 Å². The zero-order chi connectivity index (χ0) is 20.6. The molecule has 5 N–H and O–H groups in total. The van der Waals surface area contributed by atoms with Gasteiger partial charge in [0.1, 0.15) is 0 Å². The van der Waals surface area contributed by atoms with Crippen LogP contribution in [-0.2, 0) is 0 Å². The molecule has 0 bridgehead atoms. The molecule has 0 aliphatic rings. The van der Waals surface area contributed by atoms with E-state index in [2.05, 4.69) is 0 Å². The Morgan fingerprint density at radius 1 is 0.897 bits per heavy atom. The number of nitrogens with one attached hydrogen (secondary N) is 4. The van der Waals surface area contributed by atoms with E-state index in [-0.39, 0.29) is 56.9 Å². The number of hydrogen-bond donors (Lipinski definition) is 5. The fraction of sp³-hybridized carbons (Fsp3) is 0.0625. The monoisotopic (exact) mass is 444 g/mol. The van der Waals surface area contributed by atoms with Crippen LogP contribution in [0.25, 0.3) is 0 Å². The predicted molar refractivity (Wildman–Crippen MR) is 94.1 cm³/mol. The standard InChI is InChI=1S/C16H11ClN4O7.K/c17-6-3-1-5(2-4-6)10(22)7(8-11(23)18-15(27)19-12(8)24)9-13(25)20-16(28)21-14(9)26;/h1-4,7H,(H3,18,19,23,24,27)(H3,20,21,25,26,28);/q;+1/p-1. The maximum Gasteiger partial charge on any atom is 1.00 e. The summed E-state index contributed by atoms with van der Waals surface area (Å²) in [6.45, 7) is 0. The maximum atomic E-state index is 13.1. The van der Waals surface area contributed by atoms with Crippen LogP contribution in [0, 0.1) is 0 Å². The summed E-state index contributed by atoms with van der Waals surface area (Å²) in [5, 5.41) is 22.6. The third kappa shape index (κ3) is 4.68. The number of aromatic hydroxyl groups is 1. The Morgan fingerprint density at radius 3 is 1.93 bits per heavy atom. The van der Waals surface area contributed by atoms with Gasteiger partial charge in [0, 0.05) is 16.1 Å². The molecule has 0 aliphatic carbocycles. The number of ketones is 1. The number of aromatic amines is 4. The second kappa shape index (κ2) is 9.07. The molecule has 0 aliphatic heterocycles. The van der Waals surface area contributed by atoms with Crippen molar-refractivity contribution in [1.29, 1.82) is 0 Å². The number of carbonyl (C=O) groups is 1. The number of Topliss-reactive ketones (excluding diaryl/α,β-unsaturated/α-hetero) is 1. The number of rotatable bonds is 4. The number of aromatic nitrogens is 4. The molecule has 0 saturated carbocycles. The number of H-pyrrole nitrogens is 4. The SMILES string of the molecule is O=C(c1ccc(Cl)cc1)C(c1c([O-])[nH]c(=O)[nH]c1=O)c1c(O)[nH]c(=O)[nH]c1=O.[K+]. The summed E-state index contributed by atoms with van der Waals surface area (Å²) in [6.07, 6.45) is 0. The number of benzene rings is 1. The van der Waals surface area contributed by atoms with Crippen LogP contribution in [0.2, 0.25) is 5.02 Å². The Bertz CT molecular complexity index is 1230. The van der Waals surface area contributed by atoms with Crippen LogP contribution < -0.4 is 79.0 Å². The molecule has 2 heterocycles. The van der Waals surface area contributed by atoms with Crippen molar-refractivity contribution in [3.8, 4) is 11.8 Å². The van der Waals surface area contributed by atoms with Crippen molar-refractivity contribution in [1.82, 2.24) is 19.9 Å². The predicted octanol–water partition coefficient (Wildman–Crippen LogP) is -4.11. The summed E-state index contributed by atoms with van der Waals surface area (Å²) in [6, 6.07) is 5.27. The van der Waals surface area contributed by atoms with Gasteiger partial charge in [-0.3, -0.25) is 29.3 Å². The summed E-state index contributed by atoms with van der Waals surface area (Å²) in [5.74, 6) is -5.09. The first kappa shape index (κ1) is 23.1. The first-order chi connectivity index (χ1) is 13.2. The number of carbonyl (C=O) groups excluding carboxylic acids is 1. The average molecular weight is 445 g/mol. The van der Waals surface area contributed by atoms with Gasteiger partial charge in [0.2, 0.25) is 5.88 Å². The van der Waals surface area contributed by atoms with Gasteiger partial charge < -0.3 is 15.2 Å². The van der Waals surface area contributed by atoms with Gasteiger partial charge in [-0.15, -0.1) is 0 Å². The third-order valence-electron chi connectivity index (χ3n) is 3.87. The smallest absolute Gasteiger partial charge is 0.860 e. The molecule has 1 atom stereocenters. The maximum absolute atomic E-state index is 13.1. The quantitative estimate of drug-likeness (QED) is 0.199. The summed E-state index contributed by atoms with van der Waals surface area (Å²) in [7, 11) is 0. The van der Waals surface area contributed by atoms with Crippen LogP contribution >= 0.6 is 11.6 Å². The fourth-order valence-corrected chi connectivity index (χ4v) is 2.80. The van der Waals surface area contributed by atoms with Gasteiger partial charge >= 0.3 is 62.8 Å². The summed E-state index contributed by atoms with van der Waals surface area (Å²) >= 11 is 5.77. The Hall–Kier alpha value is -2.22. The van der Waals surface area contributed by atoms with Crippen LogP contribution in [0.4, 0.5) is 0 Å². The van der Waals surface area contributed by atoms with Crippen molar-refractivity contribution in [3.63, 3.8) is 0 Å². The van der Waals surface area contributed by atoms with Crippen molar-refractivity contribution in [2.45, 2.75) is 5.92 Å². The van der Waals surface area contributed by atoms with E-state index < -0.39 is 57.1 Å². The van der Waals surface area contributed by atoms with E-state index in [0.717, 1.165) is 0 Å².